The van der Waals surface area contributed by atoms with Crippen molar-refractivity contribution in [2.24, 2.45) is 17.8 Å². The van der Waals surface area contributed by atoms with Crippen molar-refractivity contribution in [3.63, 3.8) is 0 Å². The van der Waals surface area contributed by atoms with Crippen molar-refractivity contribution in [1.82, 2.24) is 14.7 Å². The summed E-state index contributed by atoms with van der Waals surface area (Å²) in [6.45, 7) is 2.02. The molecule has 0 spiro atoms. The molecule has 3 aliphatic rings. The van der Waals surface area contributed by atoms with Gasteiger partial charge in [-0.3, -0.25) is 19.2 Å². The molecule has 0 aromatic heterocycles. The number of rotatable bonds is 5. The summed E-state index contributed by atoms with van der Waals surface area (Å²) in [6.07, 6.45) is 4.40. The molecule has 3 rings (SSSR count). The molecule has 0 bridgehead atoms. The van der Waals surface area contributed by atoms with Crippen LogP contribution in [0.15, 0.2) is 0 Å². The SMILES string of the molecule is CN(CC(=O)N1CCC(C(=O)O)CC1)C(=O)C1CCCN(C(=O)C2CC2)C1. The monoisotopic (exact) mass is 379 g/mol. The molecule has 3 amide bonds. The summed E-state index contributed by atoms with van der Waals surface area (Å²) in [5.74, 6) is -1.33. The lowest BCUT2D eigenvalue weighted by Gasteiger charge is -2.35. The smallest absolute Gasteiger partial charge is 0.306 e. The van der Waals surface area contributed by atoms with E-state index in [0.29, 0.717) is 32.5 Å². The van der Waals surface area contributed by atoms with Crippen molar-refractivity contribution in [1.29, 1.82) is 0 Å². The number of piperidine rings is 2. The van der Waals surface area contributed by atoms with Gasteiger partial charge in [0.25, 0.3) is 0 Å². The minimum atomic E-state index is -0.808. The van der Waals surface area contributed by atoms with Gasteiger partial charge in [0.1, 0.15) is 0 Å². The van der Waals surface area contributed by atoms with Crippen molar-refractivity contribution in [2.45, 2.75) is 38.5 Å². The molecule has 1 unspecified atom stereocenters. The summed E-state index contributed by atoms with van der Waals surface area (Å²) in [4.78, 5) is 53.4. The highest BCUT2D eigenvalue weighted by molar-refractivity contribution is 5.87. The predicted octanol–water partition coefficient (Wildman–Crippen LogP) is 0.417. The number of likely N-dealkylation sites (tertiary alicyclic amines) is 2. The Hall–Kier alpha value is -2.12. The second-order valence-electron chi connectivity index (χ2n) is 8.09. The first kappa shape index (κ1) is 19.6. The van der Waals surface area contributed by atoms with Crippen LogP contribution in [0.2, 0.25) is 0 Å². The van der Waals surface area contributed by atoms with Gasteiger partial charge in [-0.05, 0) is 38.5 Å². The molecule has 0 radical (unpaired) electrons. The third-order valence-corrected chi connectivity index (χ3v) is 5.95. The number of carboxylic acids is 1. The normalized spacial score (nSPS) is 23.8. The Labute approximate surface area is 159 Å². The number of nitrogens with zero attached hydrogens (tertiary/aromatic N) is 3. The van der Waals surface area contributed by atoms with E-state index in [4.69, 9.17) is 5.11 Å². The predicted molar refractivity (Wildman–Crippen MR) is 96.6 cm³/mol. The Morgan fingerprint density at radius 1 is 0.889 bits per heavy atom. The molecule has 27 heavy (non-hydrogen) atoms. The van der Waals surface area contributed by atoms with E-state index >= 15 is 0 Å². The fourth-order valence-electron chi connectivity index (χ4n) is 4.04. The zero-order chi connectivity index (χ0) is 19.6. The first-order valence-electron chi connectivity index (χ1n) is 9.91. The van der Waals surface area contributed by atoms with Crippen LogP contribution in [0.4, 0.5) is 0 Å². The second kappa shape index (κ2) is 8.27. The van der Waals surface area contributed by atoms with E-state index in [0.717, 1.165) is 32.2 Å². The van der Waals surface area contributed by atoms with Crippen molar-refractivity contribution in [2.75, 3.05) is 39.8 Å². The van der Waals surface area contributed by atoms with Crippen LogP contribution >= 0.6 is 0 Å². The fraction of sp³-hybridized carbons (Fsp3) is 0.789. The van der Waals surface area contributed by atoms with E-state index in [2.05, 4.69) is 0 Å². The van der Waals surface area contributed by atoms with E-state index in [9.17, 15) is 19.2 Å². The average molecular weight is 379 g/mol. The average Bonchev–Trinajstić information content (AvgIpc) is 3.52. The number of likely N-dealkylation sites (N-methyl/N-ethyl adjacent to an activating group) is 1. The maximum absolute atomic E-state index is 12.8. The van der Waals surface area contributed by atoms with Gasteiger partial charge in [0.05, 0.1) is 18.4 Å². The van der Waals surface area contributed by atoms with Gasteiger partial charge < -0.3 is 19.8 Å². The van der Waals surface area contributed by atoms with Crippen LogP contribution in [-0.2, 0) is 19.2 Å². The molecule has 8 heteroatoms. The van der Waals surface area contributed by atoms with Gasteiger partial charge in [-0.15, -0.1) is 0 Å². The molecule has 1 aliphatic carbocycles. The van der Waals surface area contributed by atoms with Gasteiger partial charge in [0, 0.05) is 39.1 Å². The summed E-state index contributed by atoms with van der Waals surface area (Å²) < 4.78 is 0. The summed E-state index contributed by atoms with van der Waals surface area (Å²) in [5, 5.41) is 9.04. The molecule has 2 saturated heterocycles. The van der Waals surface area contributed by atoms with Gasteiger partial charge in [-0.25, -0.2) is 0 Å². The highest BCUT2D eigenvalue weighted by atomic mass is 16.4. The number of hydrogen-bond acceptors (Lipinski definition) is 4. The zero-order valence-electron chi connectivity index (χ0n) is 15.9. The number of carboxylic acid groups (broad SMARTS) is 1. The molecule has 2 aliphatic heterocycles. The minimum absolute atomic E-state index is 0.00361. The lowest BCUT2D eigenvalue weighted by atomic mass is 9.96. The third-order valence-electron chi connectivity index (χ3n) is 5.95. The maximum Gasteiger partial charge on any atom is 0.306 e. The molecule has 1 saturated carbocycles. The van der Waals surface area contributed by atoms with Crippen LogP contribution in [0.3, 0.4) is 0 Å². The lowest BCUT2D eigenvalue weighted by Crippen LogP contribution is -2.49. The Balaban J connectivity index is 1.47. The van der Waals surface area contributed by atoms with Crippen LogP contribution in [0.5, 0.6) is 0 Å². The van der Waals surface area contributed by atoms with Crippen molar-refractivity contribution < 1.29 is 24.3 Å². The molecule has 0 aromatic rings. The maximum atomic E-state index is 12.8. The first-order valence-corrected chi connectivity index (χ1v) is 9.91. The largest absolute Gasteiger partial charge is 0.481 e. The van der Waals surface area contributed by atoms with Crippen molar-refractivity contribution in [3.05, 3.63) is 0 Å². The molecule has 1 N–H and O–H groups in total. The van der Waals surface area contributed by atoms with Crippen LogP contribution < -0.4 is 0 Å². The first-order chi connectivity index (χ1) is 12.9. The quantitative estimate of drug-likeness (QED) is 0.746. The molecule has 0 aromatic carbocycles. The minimum Gasteiger partial charge on any atom is -0.481 e. The van der Waals surface area contributed by atoms with Crippen LogP contribution in [0, 0.1) is 17.8 Å². The lowest BCUT2D eigenvalue weighted by molar-refractivity contribution is -0.147. The highest BCUT2D eigenvalue weighted by Gasteiger charge is 2.37. The summed E-state index contributed by atoms with van der Waals surface area (Å²) in [5.41, 5.74) is 0. The van der Waals surface area contributed by atoms with E-state index in [1.807, 2.05) is 4.90 Å². The third kappa shape index (κ3) is 4.78. The molecule has 1 atom stereocenters. The van der Waals surface area contributed by atoms with Gasteiger partial charge in [-0.2, -0.15) is 0 Å². The van der Waals surface area contributed by atoms with E-state index in [1.54, 1.807) is 11.9 Å². The van der Waals surface area contributed by atoms with E-state index < -0.39 is 5.97 Å². The molecular formula is C19H29N3O5. The van der Waals surface area contributed by atoms with Gasteiger partial charge >= 0.3 is 5.97 Å². The van der Waals surface area contributed by atoms with E-state index in [1.165, 1.54) is 4.90 Å². The molecule has 8 nitrogen and oxygen atoms in total. The van der Waals surface area contributed by atoms with Gasteiger partial charge in [0.2, 0.25) is 17.7 Å². The molecule has 150 valence electrons. The van der Waals surface area contributed by atoms with Crippen LogP contribution in [0.1, 0.15) is 38.5 Å². The molecular weight excluding hydrogens is 350 g/mol. The summed E-state index contributed by atoms with van der Waals surface area (Å²) in [7, 11) is 1.63. The number of aliphatic carboxylic acids is 1. The zero-order valence-corrected chi connectivity index (χ0v) is 15.9. The van der Waals surface area contributed by atoms with Crippen LogP contribution in [0.25, 0.3) is 0 Å². The highest BCUT2D eigenvalue weighted by Crippen LogP contribution is 2.32. The molecule has 2 heterocycles. The Kier molecular flexibility index (Phi) is 6.01. The number of carbonyl (C=O) groups is 4. The standard InChI is InChI=1S/C19H29N3O5/c1-20(12-16(23)21-9-6-14(7-10-21)19(26)27)17(24)15-3-2-8-22(11-15)18(25)13-4-5-13/h13-15H,2-12H2,1H3,(H,26,27). The number of amides is 3. The number of hydrogen-bond donors (Lipinski definition) is 1. The second-order valence-corrected chi connectivity index (χ2v) is 8.09. The number of carbonyl (C=O) groups excluding carboxylic acids is 3. The van der Waals surface area contributed by atoms with Gasteiger partial charge in [-0.1, -0.05) is 0 Å². The topological polar surface area (TPSA) is 98.2 Å². The Bertz CT molecular complexity index is 610. The van der Waals surface area contributed by atoms with Gasteiger partial charge in [0.15, 0.2) is 0 Å². The van der Waals surface area contributed by atoms with E-state index in [-0.39, 0.29) is 42.0 Å². The van der Waals surface area contributed by atoms with Crippen molar-refractivity contribution >= 4 is 23.7 Å². The van der Waals surface area contributed by atoms with Crippen molar-refractivity contribution in [3.8, 4) is 0 Å². The fourth-order valence-corrected chi connectivity index (χ4v) is 4.04. The van der Waals surface area contributed by atoms with Crippen LogP contribution in [-0.4, -0.2) is 83.3 Å². The Morgan fingerprint density at radius 3 is 2.15 bits per heavy atom. The molecule has 3 fully saturated rings. The summed E-state index contributed by atoms with van der Waals surface area (Å²) >= 11 is 0. The Morgan fingerprint density at radius 2 is 1.56 bits per heavy atom. The summed E-state index contributed by atoms with van der Waals surface area (Å²) in [6, 6.07) is 0.